The summed E-state index contributed by atoms with van der Waals surface area (Å²) in [4.78, 5) is 0. The van der Waals surface area contributed by atoms with Crippen LogP contribution in [-0.4, -0.2) is 0 Å². The molecule has 1 heterocycles. The van der Waals surface area contributed by atoms with E-state index in [2.05, 4.69) is 113 Å². The molecule has 0 amide bonds. The molecule has 0 radical (unpaired) electrons. The smallest absolute Gasteiger partial charge is 0.138 e. The van der Waals surface area contributed by atoms with Gasteiger partial charge in [-0.25, -0.2) is 0 Å². The van der Waals surface area contributed by atoms with Crippen molar-refractivity contribution in [3.05, 3.63) is 114 Å². The standard InChI is InChI=1S/C38H42O/c1-19-21(3)27(9)34-32(23(19)5)25(7)26(8)33-24(6)20(2)22(4)28(10)35(33)38(34)17-18-39-36-29-15-16-37(11,12)30(29)13-14-31(36)38/h13-18H,1-12H3. The normalized spacial score (nSPS) is 17.5. The van der Waals surface area contributed by atoms with E-state index in [9.17, 15) is 0 Å². The van der Waals surface area contributed by atoms with Gasteiger partial charge >= 0.3 is 0 Å². The molecule has 0 unspecified atom stereocenters. The number of fused-ring (bicyclic) bond motifs is 8. The zero-order valence-corrected chi connectivity index (χ0v) is 25.9. The third-order valence-corrected chi connectivity index (χ3v) is 11.0. The Balaban J connectivity index is 1.93. The quantitative estimate of drug-likeness (QED) is 0.290. The zero-order valence-electron chi connectivity index (χ0n) is 25.9. The minimum absolute atomic E-state index is 0.00351. The highest BCUT2D eigenvalue weighted by Gasteiger charge is 2.48. The molecular formula is C38H42O. The molecule has 3 aromatic rings. The molecule has 0 atom stereocenters. The highest BCUT2D eigenvalue weighted by Crippen LogP contribution is 2.59. The molecule has 2 aliphatic carbocycles. The van der Waals surface area contributed by atoms with E-state index >= 15 is 0 Å². The van der Waals surface area contributed by atoms with E-state index in [1.54, 1.807) is 0 Å². The van der Waals surface area contributed by atoms with Gasteiger partial charge < -0.3 is 4.74 Å². The lowest BCUT2D eigenvalue weighted by atomic mass is 9.61. The van der Waals surface area contributed by atoms with E-state index in [0.717, 1.165) is 5.75 Å². The maximum Gasteiger partial charge on any atom is 0.138 e. The summed E-state index contributed by atoms with van der Waals surface area (Å²) < 4.78 is 6.51. The molecule has 39 heavy (non-hydrogen) atoms. The first-order chi connectivity index (χ1) is 18.3. The van der Waals surface area contributed by atoms with Crippen molar-refractivity contribution in [3.8, 4) is 5.75 Å². The van der Waals surface area contributed by atoms with Crippen molar-refractivity contribution in [2.45, 2.75) is 93.9 Å². The Hall–Kier alpha value is -3.32. The zero-order chi connectivity index (χ0) is 28.3. The highest BCUT2D eigenvalue weighted by molar-refractivity contribution is 5.98. The monoisotopic (exact) mass is 514 g/mol. The third kappa shape index (κ3) is 3.02. The van der Waals surface area contributed by atoms with Crippen LogP contribution in [0.4, 0.5) is 0 Å². The summed E-state index contributed by atoms with van der Waals surface area (Å²) in [7, 11) is 0. The van der Waals surface area contributed by atoms with Gasteiger partial charge in [-0.3, -0.25) is 0 Å². The molecule has 3 aliphatic rings. The predicted octanol–water partition coefficient (Wildman–Crippen LogP) is 9.96. The number of benzene rings is 3. The Labute approximate surface area is 235 Å². The van der Waals surface area contributed by atoms with E-state index in [1.165, 1.54) is 94.6 Å². The molecule has 200 valence electrons. The van der Waals surface area contributed by atoms with Gasteiger partial charge in [0.2, 0.25) is 0 Å². The molecule has 0 saturated carbocycles. The summed E-state index contributed by atoms with van der Waals surface area (Å²) >= 11 is 0. The van der Waals surface area contributed by atoms with Crippen molar-refractivity contribution in [2.24, 2.45) is 0 Å². The second kappa shape index (κ2) is 8.10. The van der Waals surface area contributed by atoms with E-state index in [1.807, 2.05) is 6.26 Å². The molecule has 3 aromatic carbocycles. The van der Waals surface area contributed by atoms with Crippen LogP contribution in [0.15, 0.2) is 30.5 Å². The van der Waals surface area contributed by atoms with Crippen molar-refractivity contribution in [1.82, 2.24) is 0 Å². The first-order valence-corrected chi connectivity index (χ1v) is 14.4. The van der Waals surface area contributed by atoms with Crippen molar-refractivity contribution in [3.63, 3.8) is 0 Å². The van der Waals surface area contributed by atoms with Crippen LogP contribution in [0.25, 0.3) is 17.2 Å². The molecule has 1 heteroatoms. The van der Waals surface area contributed by atoms with Gasteiger partial charge in [0.25, 0.3) is 0 Å². The average molecular weight is 515 g/mol. The molecule has 0 bridgehead atoms. The molecular weight excluding hydrogens is 472 g/mol. The van der Waals surface area contributed by atoms with Crippen LogP contribution in [0, 0.1) is 55.4 Å². The second-order valence-electron chi connectivity index (χ2n) is 12.9. The summed E-state index contributed by atoms with van der Waals surface area (Å²) in [6.45, 7) is 27.8. The van der Waals surface area contributed by atoms with E-state index in [-0.39, 0.29) is 5.41 Å². The molecule has 0 aromatic heterocycles. The molecule has 1 spiro atoms. The van der Waals surface area contributed by atoms with Gasteiger partial charge in [0, 0.05) is 16.5 Å². The Bertz CT molecular complexity index is 1650. The Morgan fingerprint density at radius 2 is 1.00 bits per heavy atom. The van der Waals surface area contributed by atoms with E-state index in [0.29, 0.717) is 0 Å². The number of rotatable bonds is 0. The van der Waals surface area contributed by atoms with Gasteiger partial charge in [-0.1, -0.05) is 38.1 Å². The molecule has 0 fully saturated rings. The topological polar surface area (TPSA) is 9.23 Å². The fourth-order valence-electron chi connectivity index (χ4n) is 7.92. The van der Waals surface area contributed by atoms with Gasteiger partial charge in [-0.15, -0.1) is 0 Å². The first-order valence-electron chi connectivity index (χ1n) is 14.4. The Morgan fingerprint density at radius 1 is 0.538 bits per heavy atom. The van der Waals surface area contributed by atoms with Crippen LogP contribution in [-0.2, 0) is 10.8 Å². The summed E-state index contributed by atoms with van der Waals surface area (Å²) in [6.07, 6.45) is 8.96. The lowest BCUT2D eigenvalue weighted by Crippen LogP contribution is -2.35. The van der Waals surface area contributed by atoms with Crippen LogP contribution in [0.2, 0.25) is 0 Å². The summed E-state index contributed by atoms with van der Waals surface area (Å²) in [5.74, 6) is 1.01. The fraction of sp³-hybridized carbons (Fsp3) is 0.368. The minimum atomic E-state index is -0.465. The SMILES string of the molecule is CC1=C(C)c2c(C)c(C)c(C)c(C)c2C2(C=COc3c2ccc2c3C=CC2(C)C)c2c(C)c(C)c(C)c(C)c21. The van der Waals surface area contributed by atoms with Crippen LogP contribution in [0.3, 0.4) is 0 Å². The maximum atomic E-state index is 6.51. The largest absolute Gasteiger partial charge is 0.464 e. The van der Waals surface area contributed by atoms with Crippen molar-refractivity contribution in [2.75, 3.05) is 0 Å². The second-order valence-corrected chi connectivity index (χ2v) is 12.9. The molecule has 0 N–H and O–H groups in total. The number of allylic oxidation sites excluding steroid dienone is 4. The van der Waals surface area contributed by atoms with Gasteiger partial charge in [0.1, 0.15) is 5.75 Å². The summed E-state index contributed by atoms with van der Waals surface area (Å²) in [5.41, 5.74) is 22.9. The van der Waals surface area contributed by atoms with Crippen molar-refractivity contribution < 1.29 is 4.74 Å². The third-order valence-electron chi connectivity index (χ3n) is 11.0. The highest BCUT2D eigenvalue weighted by atomic mass is 16.5. The molecule has 0 saturated heterocycles. The summed E-state index contributed by atoms with van der Waals surface area (Å²) in [5, 5.41) is 0. The molecule has 1 aliphatic heterocycles. The average Bonchev–Trinajstić information content (AvgIpc) is 3.19. The predicted molar refractivity (Wildman–Crippen MR) is 167 cm³/mol. The Kier molecular flexibility index (Phi) is 5.39. The van der Waals surface area contributed by atoms with Gasteiger partial charge in [0.15, 0.2) is 0 Å². The van der Waals surface area contributed by atoms with Crippen LogP contribution >= 0.6 is 0 Å². The van der Waals surface area contributed by atoms with Crippen molar-refractivity contribution in [1.29, 1.82) is 0 Å². The Morgan fingerprint density at radius 3 is 1.51 bits per heavy atom. The minimum Gasteiger partial charge on any atom is -0.464 e. The lowest BCUT2D eigenvalue weighted by molar-refractivity contribution is 0.441. The fourth-order valence-corrected chi connectivity index (χ4v) is 7.92. The first kappa shape index (κ1) is 25.9. The van der Waals surface area contributed by atoms with Gasteiger partial charge in [0.05, 0.1) is 11.7 Å². The van der Waals surface area contributed by atoms with E-state index < -0.39 is 5.41 Å². The van der Waals surface area contributed by atoms with Crippen LogP contribution in [0.5, 0.6) is 5.75 Å². The van der Waals surface area contributed by atoms with Crippen LogP contribution < -0.4 is 4.74 Å². The molecule has 1 nitrogen and oxygen atoms in total. The summed E-state index contributed by atoms with van der Waals surface area (Å²) in [6, 6.07) is 4.74. The maximum absolute atomic E-state index is 6.51. The number of hydrogen-bond acceptors (Lipinski definition) is 1. The lowest BCUT2D eigenvalue weighted by Gasteiger charge is -2.42. The van der Waals surface area contributed by atoms with Crippen molar-refractivity contribution >= 4 is 17.2 Å². The van der Waals surface area contributed by atoms with Gasteiger partial charge in [-0.2, -0.15) is 0 Å². The van der Waals surface area contributed by atoms with Crippen LogP contribution in [0.1, 0.15) is 111 Å². The number of hydrogen-bond donors (Lipinski definition) is 0. The van der Waals surface area contributed by atoms with E-state index in [4.69, 9.17) is 4.74 Å². The molecule has 6 rings (SSSR count). The number of ether oxygens (including phenoxy) is 1. The van der Waals surface area contributed by atoms with Gasteiger partial charge in [-0.05, 0) is 159 Å².